The van der Waals surface area contributed by atoms with Crippen molar-refractivity contribution in [2.45, 2.75) is 20.3 Å². The van der Waals surface area contributed by atoms with Crippen LogP contribution >= 0.6 is 11.5 Å². The third-order valence-electron chi connectivity index (χ3n) is 4.69. The first-order valence-corrected chi connectivity index (χ1v) is 10.2. The Morgan fingerprint density at radius 2 is 1.87 bits per heavy atom. The summed E-state index contributed by atoms with van der Waals surface area (Å²) in [5.41, 5.74) is 4.09. The molecule has 30 heavy (non-hydrogen) atoms. The van der Waals surface area contributed by atoms with E-state index in [-0.39, 0.29) is 5.91 Å². The summed E-state index contributed by atoms with van der Waals surface area (Å²) < 4.78 is 11.2. The summed E-state index contributed by atoms with van der Waals surface area (Å²) in [4.78, 5) is 16.8. The highest BCUT2D eigenvalue weighted by Gasteiger charge is 2.18. The maximum Gasteiger partial charge on any atom is 0.257 e. The quantitative estimate of drug-likeness (QED) is 0.508. The Morgan fingerprint density at radius 3 is 2.53 bits per heavy atom. The number of nitrogens with one attached hydrogen (secondary N) is 1. The number of nitrogens with zero attached hydrogens (tertiary/aromatic N) is 5. The molecular formula is C21H20N6O2S. The molecule has 1 amide bonds. The van der Waals surface area contributed by atoms with Gasteiger partial charge in [0, 0.05) is 17.1 Å². The average Bonchev–Trinajstić information content (AvgIpc) is 3.40. The highest BCUT2D eigenvalue weighted by atomic mass is 32.1. The summed E-state index contributed by atoms with van der Waals surface area (Å²) in [5, 5.41) is 11.6. The van der Waals surface area contributed by atoms with Gasteiger partial charge in [0.25, 0.3) is 5.91 Å². The van der Waals surface area contributed by atoms with Crippen molar-refractivity contribution in [3.63, 3.8) is 0 Å². The minimum Gasteiger partial charge on any atom is -0.497 e. The van der Waals surface area contributed by atoms with Crippen molar-refractivity contribution >= 4 is 22.6 Å². The van der Waals surface area contributed by atoms with Gasteiger partial charge >= 0.3 is 0 Å². The fourth-order valence-electron chi connectivity index (χ4n) is 2.94. The summed E-state index contributed by atoms with van der Waals surface area (Å²) in [5.74, 6) is 0.850. The Morgan fingerprint density at radius 1 is 1.13 bits per heavy atom. The number of hydrogen-bond acceptors (Lipinski definition) is 7. The van der Waals surface area contributed by atoms with Crippen LogP contribution in [0.5, 0.6) is 5.75 Å². The smallest absolute Gasteiger partial charge is 0.257 e. The standard InChI is InChI=1S/C21H20N6O2S/c1-4-14-5-9-16(10-6-14)27-13(2)18(24-26-27)19-22-21(30-25-19)23-20(28)15-7-11-17(29-3)12-8-15/h5-12H,4H2,1-3H3,(H,22,23,25,28). The molecule has 2 heterocycles. The van der Waals surface area contributed by atoms with Crippen LogP contribution in [0.15, 0.2) is 48.5 Å². The predicted molar refractivity (Wildman–Crippen MR) is 115 cm³/mol. The number of anilines is 1. The average molecular weight is 420 g/mol. The van der Waals surface area contributed by atoms with Crippen LogP contribution in [0.2, 0.25) is 0 Å². The van der Waals surface area contributed by atoms with Crippen molar-refractivity contribution in [2.75, 3.05) is 12.4 Å². The molecule has 0 spiro atoms. The minimum absolute atomic E-state index is 0.267. The molecule has 8 nitrogen and oxygen atoms in total. The predicted octanol–water partition coefficient (Wildman–Crippen LogP) is 3.92. The topological polar surface area (TPSA) is 94.8 Å². The molecule has 2 aromatic carbocycles. The van der Waals surface area contributed by atoms with Gasteiger partial charge in [-0.3, -0.25) is 10.1 Å². The molecular weight excluding hydrogens is 400 g/mol. The van der Waals surface area contributed by atoms with Crippen molar-refractivity contribution in [1.82, 2.24) is 24.4 Å². The molecule has 9 heteroatoms. The third-order valence-corrected chi connectivity index (χ3v) is 5.32. The van der Waals surface area contributed by atoms with E-state index in [4.69, 9.17) is 4.74 Å². The van der Waals surface area contributed by atoms with Gasteiger partial charge < -0.3 is 4.74 Å². The van der Waals surface area contributed by atoms with Crippen molar-refractivity contribution in [3.8, 4) is 23.0 Å². The van der Waals surface area contributed by atoms with Gasteiger partial charge in [0.1, 0.15) is 5.75 Å². The number of aromatic nitrogens is 5. The Hall–Kier alpha value is -3.59. The second-order valence-electron chi connectivity index (χ2n) is 6.56. The fourth-order valence-corrected chi connectivity index (χ4v) is 3.50. The first kappa shape index (κ1) is 19.7. The number of carbonyl (C=O) groups is 1. The van der Waals surface area contributed by atoms with Crippen LogP contribution in [-0.2, 0) is 6.42 Å². The van der Waals surface area contributed by atoms with Gasteiger partial charge in [-0.1, -0.05) is 24.3 Å². The Bertz CT molecular complexity index is 1170. The van der Waals surface area contributed by atoms with Crippen molar-refractivity contribution < 1.29 is 9.53 Å². The van der Waals surface area contributed by atoms with E-state index in [9.17, 15) is 4.79 Å². The molecule has 4 aromatic rings. The van der Waals surface area contributed by atoms with E-state index >= 15 is 0 Å². The SMILES string of the molecule is CCc1ccc(-n2nnc(-c3nsc(NC(=O)c4ccc(OC)cc4)n3)c2C)cc1. The van der Waals surface area contributed by atoms with E-state index in [1.54, 1.807) is 36.1 Å². The molecule has 0 radical (unpaired) electrons. The molecule has 0 fully saturated rings. The van der Waals surface area contributed by atoms with Gasteiger partial charge in [-0.05, 0) is 55.3 Å². The number of carbonyl (C=O) groups excluding carboxylic acids is 1. The van der Waals surface area contributed by atoms with E-state index in [2.05, 4.69) is 44.0 Å². The minimum atomic E-state index is -0.267. The lowest BCUT2D eigenvalue weighted by Crippen LogP contribution is -2.11. The second kappa shape index (κ2) is 8.42. The first-order chi connectivity index (χ1) is 14.6. The molecule has 2 aromatic heterocycles. The molecule has 0 atom stereocenters. The zero-order chi connectivity index (χ0) is 21.1. The van der Waals surface area contributed by atoms with Crippen LogP contribution in [0.3, 0.4) is 0 Å². The summed E-state index contributed by atoms with van der Waals surface area (Å²) in [6.07, 6.45) is 0.982. The third kappa shape index (κ3) is 3.92. The summed E-state index contributed by atoms with van der Waals surface area (Å²) in [6, 6.07) is 15.0. The van der Waals surface area contributed by atoms with Crippen LogP contribution in [0, 0.1) is 6.92 Å². The van der Waals surface area contributed by atoms with Gasteiger partial charge in [0.15, 0.2) is 11.5 Å². The first-order valence-electron chi connectivity index (χ1n) is 9.40. The Balaban J connectivity index is 1.52. The lowest BCUT2D eigenvalue weighted by molar-refractivity contribution is 0.102. The van der Waals surface area contributed by atoms with Crippen LogP contribution in [-0.4, -0.2) is 37.4 Å². The number of aryl methyl sites for hydroxylation is 1. The highest BCUT2D eigenvalue weighted by Crippen LogP contribution is 2.24. The van der Waals surface area contributed by atoms with Crippen molar-refractivity contribution in [3.05, 3.63) is 65.4 Å². The number of rotatable bonds is 6. The number of methoxy groups -OCH3 is 1. The van der Waals surface area contributed by atoms with Gasteiger partial charge in [0.2, 0.25) is 5.13 Å². The lowest BCUT2D eigenvalue weighted by Gasteiger charge is -2.04. The zero-order valence-corrected chi connectivity index (χ0v) is 17.6. The number of ether oxygens (including phenoxy) is 1. The van der Waals surface area contributed by atoms with Gasteiger partial charge in [0.05, 0.1) is 18.5 Å². The maximum atomic E-state index is 12.4. The van der Waals surface area contributed by atoms with E-state index in [0.717, 1.165) is 29.3 Å². The maximum absolute atomic E-state index is 12.4. The lowest BCUT2D eigenvalue weighted by atomic mass is 10.1. The van der Waals surface area contributed by atoms with Crippen molar-refractivity contribution in [2.24, 2.45) is 0 Å². The molecule has 1 N–H and O–H groups in total. The van der Waals surface area contributed by atoms with E-state index < -0.39 is 0 Å². The number of amides is 1. The van der Waals surface area contributed by atoms with Gasteiger partial charge in [-0.15, -0.1) is 5.10 Å². The molecule has 0 saturated carbocycles. The largest absolute Gasteiger partial charge is 0.497 e. The Labute approximate surface area is 177 Å². The fraction of sp³-hybridized carbons (Fsp3) is 0.190. The molecule has 0 unspecified atom stereocenters. The van der Waals surface area contributed by atoms with Crippen LogP contribution < -0.4 is 10.1 Å². The molecule has 0 aliphatic heterocycles. The van der Waals surface area contributed by atoms with Crippen LogP contribution in [0.4, 0.5) is 5.13 Å². The molecule has 0 saturated heterocycles. The normalized spacial score (nSPS) is 10.8. The van der Waals surface area contributed by atoms with Gasteiger partial charge in [-0.2, -0.15) is 9.36 Å². The van der Waals surface area contributed by atoms with E-state index in [1.807, 2.05) is 19.1 Å². The van der Waals surface area contributed by atoms with Gasteiger partial charge in [-0.25, -0.2) is 4.68 Å². The monoisotopic (exact) mass is 420 g/mol. The number of hydrogen-bond donors (Lipinski definition) is 1. The van der Waals surface area contributed by atoms with E-state index in [1.165, 1.54) is 5.56 Å². The summed E-state index contributed by atoms with van der Waals surface area (Å²) in [6.45, 7) is 4.03. The number of benzene rings is 2. The summed E-state index contributed by atoms with van der Waals surface area (Å²) >= 11 is 1.10. The molecule has 0 bridgehead atoms. The molecule has 0 aliphatic rings. The van der Waals surface area contributed by atoms with Crippen LogP contribution in [0.1, 0.15) is 28.5 Å². The second-order valence-corrected chi connectivity index (χ2v) is 7.31. The van der Waals surface area contributed by atoms with Crippen molar-refractivity contribution in [1.29, 1.82) is 0 Å². The summed E-state index contributed by atoms with van der Waals surface area (Å²) in [7, 11) is 1.58. The molecule has 4 rings (SSSR count). The Kier molecular flexibility index (Phi) is 5.53. The highest BCUT2D eigenvalue weighted by molar-refractivity contribution is 7.10. The molecule has 0 aliphatic carbocycles. The molecule has 152 valence electrons. The van der Waals surface area contributed by atoms with Crippen LogP contribution in [0.25, 0.3) is 17.2 Å². The van der Waals surface area contributed by atoms with E-state index in [0.29, 0.717) is 28.0 Å². The zero-order valence-electron chi connectivity index (χ0n) is 16.8.